The molecule has 19 heavy (non-hydrogen) atoms. The Morgan fingerprint density at radius 1 is 0.947 bits per heavy atom. The van der Waals surface area contributed by atoms with E-state index in [1.807, 2.05) is 38.5 Å². The second kappa shape index (κ2) is 6.93. The maximum absolute atomic E-state index is 4.38. The van der Waals surface area contributed by atoms with Gasteiger partial charge in [-0.05, 0) is 44.5 Å². The van der Waals surface area contributed by atoms with Gasteiger partial charge in [0.15, 0.2) is 0 Å². The van der Waals surface area contributed by atoms with E-state index in [4.69, 9.17) is 0 Å². The largest absolute Gasteiger partial charge is 0.378 e. The summed E-state index contributed by atoms with van der Waals surface area (Å²) in [6.45, 7) is 6.25. The van der Waals surface area contributed by atoms with Crippen molar-refractivity contribution in [3.63, 3.8) is 0 Å². The molecule has 0 aliphatic rings. The van der Waals surface area contributed by atoms with Gasteiger partial charge in [-0.1, -0.05) is 30.4 Å². The average molecular weight is 256 g/mol. The first kappa shape index (κ1) is 15.2. The molecule has 1 aromatic rings. The fourth-order valence-corrected chi connectivity index (χ4v) is 1.43. The van der Waals surface area contributed by atoms with Crippen LogP contribution < -0.4 is 4.90 Å². The first-order valence-electron chi connectivity index (χ1n) is 6.54. The molecule has 0 bridgehead atoms. The van der Waals surface area contributed by atoms with Gasteiger partial charge in [0.2, 0.25) is 0 Å². The molecular weight excluding hydrogens is 232 g/mol. The molecule has 0 radical (unpaired) electrons. The lowest BCUT2D eigenvalue weighted by atomic mass is 10.1. The van der Waals surface area contributed by atoms with Crippen LogP contribution in [0.15, 0.2) is 47.5 Å². The number of anilines is 1. The highest BCUT2D eigenvalue weighted by atomic mass is 15.1. The Morgan fingerprint density at radius 3 is 2.11 bits per heavy atom. The zero-order valence-corrected chi connectivity index (χ0v) is 12.6. The summed E-state index contributed by atoms with van der Waals surface area (Å²) in [6.07, 6.45) is 9.91. The first-order valence-corrected chi connectivity index (χ1v) is 6.54. The zero-order chi connectivity index (χ0) is 14.3. The lowest BCUT2D eigenvalue weighted by molar-refractivity contribution is 0.587. The van der Waals surface area contributed by atoms with Crippen molar-refractivity contribution in [2.75, 3.05) is 19.0 Å². The fraction of sp³-hybridized carbons (Fsp3) is 0.353. The van der Waals surface area contributed by atoms with Gasteiger partial charge in [-0.2, -0.15) is 0 Å². The van der Waals surface area contributed by atoms with Crippen LogP contribution in [-0.4, -0.2) is 25.8 Å². The third kappa shape index (κ3) is 6.61. The fourth-order valence-electron chi connectivity index (χ4n) is 1.43. The number of benzene rings is 1. The molecule has 0 saturated carbocycles. The molecule has 0 aromatic heterocycles. The van der Waals surface area contributed by atoms with Crippen molar-refractivity contribution >= 4 is 18.0 Å². The number of hydrogen-bond donors (Lipinski definition) is 0. The molecule has 0 amide bonds. The molecule has 1 rings (SSSR count). The minimum absolute atomic E-state index is 0.00390. The van der Waals surface area contributed by atoms with Crippen LogP contribution in [-0.2, 0) is 0 Å². The Bertz CT molecular complexity index is 457. The molecule has 0 atom stereocenters. The van der Waals surface area contributed by atoms with Crippen LogP contribution in [0.1, 0.15) is 26.3 Å². The molecule has 0 saturated heterocycles. The zero-order valence-electron chi connectivity index (χ0n) is 12.6. The number of hydrogen-bond acceptors (Lipinski definition) is 2. The molecule has 2 nitrogen and oxygen atoms in total. The van der Waals surface area contributed by atoms with E-state index in [9.17, 15) is 0 Å². The van der Waals surface area contributed by atoms with Gasteiger partial charge in [0.25, 0.3) is 0 Å². The van der Waals surface area contributed by atoms with Gasteiger partial charge in [-0.3, -0.25) is 4.99 Å². The van der Waals surface area contributed by atoms with E-state index < -0.39 is 0 Å². The molecule has 0 heterocycles. The third-order valence-electron chi connectivity index (χ3n) is 2.47. The quantitative estimate of drug-likeness (QED) is 0.582. The van der Waals surface area contributed by atoms with Crippen molar-refractivity contribution < 1.29 is 0 Å². The van der Waals surface area contributed by atoms with Crippen molar-refractivity contribution in [3.8, 4) is 0 Å². The summed E-state index contributed by atoms with van der Waals surface area (Å²) >= 11 is 0. The summed E-state index contributed by atoms with van der Waals surface area (Å²) in [7, 11) is 4.09. The van der Waals surface area contributed by atoms with Crippen molar-refractivity contribution in [2.24, 2.45) is 4.99 Å². The Hall–Kier alpha value is -1.83. The number of aliphatic imine (C=N–C) groups is 1. The third-order valence-corrected chi connectivity index (χ3v) is 2.47. The standard InChI is InChI=1S/C17H24N2/c1-17(2,3)18-14-8-6-7-9-15-10-12-16(13-11-15)19(4)5/h6-14H,1-5H3/b8-6+,9-7+,18-14?. The van der Waals surface area contributed by atoms with Crippen LogP contribution in [0.25, 0.3) is 6.08 Å². The Kier molecular flexibility index (Phi) is 5.56. The monoisotopic (exact) mass is 256 g/mol. The van der Waals surface area contributed by atoms with E-state index in [1.54, 1.807) is 0 Å². The van der Waals surface area contributed by atoms with E-state index in [0.717, 1.165) is 0 Å². The second-order valence-electron chi connectivity index (χ2n) is 5.68. The van der Waals surface area contributed by atoms with Crippen LogP contribution in [0.5, 0.6) is 0 Å². The topological polar surface area (TPSA) is 15.6 Å². The van der Waals surface area contributed by atoms with Crippen LogP contribution in [0.3, 0.4) is 0 Å². The Balaban J connectivity index is 2.53. The molecule has 0 fully saturated rings. The minimum atomic E-state index is -0.00390. The van der Waals surface area contributed by atoms with Crippen molar-refractivity contribution in [1.82, 2.24) is 0 Å². The highest BCUT2D eigenvalue weighted by Gasteiger charge is 2.02. The van der Waals surface area contributed by atoms with Crippen LogP contribution in [0.4, 0.5) is 5.69 Å². The van der Waals surface area contributed by atoms with Gasteiger partial charge in [-0.25, -0.2) is 0 Å². The lowest BCUT2D eigenvalue weighted by Crippen LogP contribution is -2.08. The second-order valence-corrected chi connectivity index (χ2v) is 5.68. The van der Waals surface area contributed by atoms with E-state index in [1.165, 1.54) is 11.3 Å². The molecule has 0 N–H and O–H groups in total. The van der Waals surface area contributed by atoms with Gasteiger partial charge < -0.3 is 4.90 Å². The van der Waals surface area contributed by atoms with Crippen LogP contribution in [0, 0.1) is 0 Å². The SMILES string of the molecule is CN(C)c1ccc(/C=C/C=C/C=NC(C)(C)C)cc1. The molecule has 102 valence electrons. The van der Waals surface area contributed by atoms with Crippen LogP contribution in [0.2, 0.25) is 0 Å². The smallest absolute Gasteiger partial charge is 0.0524 e. The predicted octanol–water partition coefficient (Wildman–Crippen LogP) is 4.19. The van der Waals surface area contributed by atoms with Gasteiger partial charge in [-0.15, -0.1) is 0 Å². The van der Waals surface area contributed by atoms with Crippen molar-refractivity contribution in [1.29, 1.82) is 0 Å². The average Bonchev–Trinajstić information content (AvgIpc) is 2.33. The van der Waals surface area contributed by atoms with Crippen LogP contribution >= 0.6 is 0 Å². The maximum atomic E-state index is 4.38. The highest BCUT2D eigenvalue weighted by Crippen LogP contribution is 2.13. The molecule has 0 spiro atoms. The maximum Gasteiger partial charge on any atom is 0.0524 e. The molecule has 0 unspecified atom stereocenters. The summed E-state index contributed by atoms with van der Waals surface area (Å²) in [5.41, 5.74) is 2.41. The summed E-state index contributed by atoms with van der Waals surface area (Å²) in [5, 5.41) is 0. The molecule has 1 aromatic carbocycles. The molecule has 0 aliphatic carbocycles. The van der Waals surface area contributed by atoms with Crippen molar-refractivity contribution in [2.45, 2.75) is 26.3 Å². The minimum Gasteiger partial charge on any atom is -0.378 e. The lowest BCUT2D eigenvalue weighted by Gasteiger charge is -2.11. The van der Waals surface area contributed by atoms with E-state index in [2.05, 4.69) is 61.0 Å². The normalized spacial score (nSPS) is 12.9. The number of rotatable bonds is 4. The van der Waals surface area contributed by atoms with Gasteiger partial charge in [0, 0.05) is 26.0 Å². The first-order chi connectivity index (χ1) is 8.88. The summed E-state index contributed by atoms with van der Waals surface area (Å²) in [6, 6.07) is 8.46. The molecule has 0 aliphatic heterocycles. The highest BCUT2D eigenvalue weighted by molar-refractivity contribution is 5.72. The van der Waals surface area contributed by atoms with E-state index in [-0.39, 0.29) is 5.54 Å². The van der Waals surface area contributed by atoms with Gasteiger partial charge in [0.1, 0.15) is 0 Å². The number of nitrogens with zero attached hydrogens (tertiary/aromatic N) is 2. The summed E-state index contributed by atoms with van der Waals surface area (Å²) < 4.78 is 0. The molecular formula is C17H24N2. The van der Waals surface area contributed by atoms with Crippen molar-refractivity contribution in [3.05, 3.63) is 48.1 Å². The summed E-state index contributed by atoms with van der Waals surface area (Å²) in [5.74, 6) is 0. The molecule has 2 heteroatoms. The van der Waals surface area contributed by atoms with E-state index in [0.29, 0.717) is 0 Å². The Morgan fingerprint density at radius 2 is 1.58 bits per heavy atom. The summed E-state index contributed by atoms with van der Waals surface area (Å²) in [4.78, 5) is 6.47. The van der Waals surface area contributed by atoms with Gasteiger partial charge in [0.05, 0.1) is 5.54 Å². The number of allylic oxidation sites excluding steroid dienone is 3. The van der Waals surface area contributed by atoms with E-state index >= 15 is 0 Å². The predicted molar refractivity (Wildman–Crippen MR) is 87.2 cm³/mol. The van der Waals surface area contributed by atoms with Gasteiger partial charge >= 0.3 is 0 Å². The Labute approximate surface area is 117 Å².